The molecule has 1 aliphatic carbocycles. The molecule has 4 nitrogen and oxygen atoms in total. The van der Waals surface area contributed by atoms with E-state index in [1.165, 1.54) is 20.0 Å². The first-order valence-corrected chi connectivity index (χ1v) is 5.98. The van der Waals surface area contributed by atoms with Gasteiger partial charge in [-0.3, -0.25) is 10.1 Å². The van der Waals surface area contributed by atoms with Gasteiger partial charge >= 0.3 is 5.97 Å². The summed E-state index contributed by atoms with van der Waals surface area (Å²) in [5.41, 5.74) is -0.958. The van der Waals surface area contributed by atoms with E-state index >= 15 is 0 Å². The third kappa shape index (κ3) is 3.46. The van der Waals surface area contributed by atoms with E-state index in [4.69, 9.17) is 4.74 Å². The van der Waals surface area contributed by atoms with Crippen LogP contribution in [0.4, 0.5) is 0 Å². The summed E-state index contributed by atoms with van der Waals surface area (Å²) in [6, 6.07) is 0.312. The van der Waals surface area contributed by atoms with Gasteiger partial charge in [-0.15, -0.1) is 0 Å². The van der Waals surface area contributed by atoms with Crippen molar-refractivity contribution >= 4 is 5.97 Å². The second kappa shape index (κ2) is 5.64. The zero-order valence-corrected chi connectivity index (χ0v) is 10.5. The average molecular weight is 229 g/mol. The third-order valence-electron chi connectivity index (χ3n) is 3.44. The van der Waals surface area contributed by atoms with Crippen molar-refractivity contribution < 1.29 is 14.6 Å². The number of carboxylic acids is 1. The highest BCUT2D eigenvalue weighted by Crippen LogP contribution is 2.25. The molecule has 1 fully saturated rings. The Morgan fingerprint density at radius 2 is 2.00 bits per heavy atom. The van der Waals surface area contributed by atoms with E-state index in [1.54, 1.807) is 6.92 Å². The fourth-order valence-electron chi connectivity index (χ4n) is 2.31. The van der Waals surface area contributed by atoms with Crippen LogP contribution >= 0.6 is 0 Å². The van der Waals surface area contributed by atoms with Gasteiger partial charge in [-0.25, -0.2) is 0 Å². The van der Waals surface area contributed by atoms with Gasteiger partial charge in [-0.2, -0.15) is 0 Å². The number of ether oxygens (including phenoxy) is 1. The van der Waals surface area contributed by atoms with Crippen LogP contribution in [0.25, 0.3) is 0 Å². The number of rotatable bonds is 5. The van der Waals surface area contributed by atoms with Crippen LogP contribution in [0.2, 0.25) is 0 Å². The van der Waals surface area contributed by atoms with E-state index in [0.717, 1.165) is 18.8 Å². The SMILES string of the molecule is COCC(C)(NC1CCC(C)CC1)C(=O)O. The summed E-state index contributed by atoms with van der Waals surface area (Å²) in [6.45, 7) is 4.15. The van der Waals surface area contributed by atoms with Crippen molar-refractivity contribution in [3.8, 4) is 0 Å². The van der Waals surface area contributed by atoms with E-state index in [-0.39, 0.29) is 6.61 Å². The molecular weight excluding hydrogens is 206 g/mol. The van der Waals surface area contributed by atoms with Gasteiger partial charge in [0.1, 0.15) is 5.54 Å². The largest absolute Gasteiger partial charge is 0.480 e. The molecule has 0 heterocycles. The van der Waals surface area contributed by atoms with Crippen LogP contribution in [0.15, 0.2) is 0 Å². The third-order valence-corrected chi connectivity index (χ3v) is 3.44. The van der Waals surface area contributed by atoms with E-state index in [2.05, 4.69) is 12.2 Å². The number of carboxylic acid groups (broad SMARTS) is 1. The molecule has 0 spiro atoms. The Balaban J connectivity index is 2.52. The van der Waals surface area contributed by atoms with Crippen LogP contribution in [0.1, 0.15) is 39.5 Å². The number of hydrogen-bond donors (Lipinski definition) is 2. The molecule has 1 saturated carbocycles. The maximum atomic E-state index is 11.2. The summed E-state index contributed by atoms with van der Waals surface area (Å²) < 4.78 is 4.99. The fraction of sp³-hybridized carbons (Fsp3) is 0.917. The van der Waals surface area contributed by atoms with Crippen molar-refractivity contribution in [2.24, 2.45) is 5.92 Å². The highest BCUT2D eigenvalue weighted by Gasteiger charge is 2.36. The van der Waals surface area contributed by atoms with Crippen LogP contribution in [0, 0.1) is 5.92 Å². The molecule has 1 aliphatic rings. The molecule has 0 aromatic heterocycles. The normalized spacial score (nSPS) is 29.7. The van der Waals surface area contributed by atoms with Gasteiger partial charge in [0.15, 0.2) is 0 Å². The molecule has 1 unspecified atom stereocenters. The van der Waals surface area contributed by atoms with Gasteiger partial charge in [0.05, 0.1) is 6.61 Å². The Hall–Kier alpha value is -0.610. The van der Waals surface area contributed by atoms with Crippen molar-refractivity contribution in [2.75, 3.05) is 13.7 Å². The van der Waals surface area contributed by atoms with Gasteiger partial charge in [0, 0.05) is 13.2 Å². The minimum Gasteiger partial charge on any atom is -0.480 e. The quantitative estimate of drug-likeness (QED) is 0.752. The lowest BCUT2D eigenvalue weighted by molar-refractivity contribution is -0.147. The molecule has 0 bridgehead atoms. The molecule has 2 N–H and O–H groups in total. The number of methoxy groups -OCH3 is 1. The van der Waals surface area contributed by atoms with Gasteiger partial charge < -0.3 is 9.84 Å². The maximum absolute atomic E-state index is 11.2. The Kier molecular flexibility index (Phi) is 4.74. The number of nitrogens with one attached hydrogen (secondary N) is 1. The van der Waals surface area contributed by atoms with Crippen molar-refractivity contribution in [1.82, 2.24) is 5.32 Å². The van der Waals surface area contributed by atoms with Crippen LogP contribution < -0.4 is 5.32 Å². The summed E-state index contributed by atoms with van der Waals surface area (Å²) in [5, 5.41) is 12.4. The standard InChI is InChI=1S/C12H23NO3/c1-9-4-6-10(7-5-9)13-12(2,8-16-3)11(14)15/h9-10,13H,4-8H2,1-3H3,(H,14,15). The first-order chi connectivity index (χ1) is 7.48. The summed E-state index contributed by atoms with van der Waals surface area (Å²) in [5.74, 6) is -0.0652. The minimum absolute atomic E-state index is 0.203. The lowest BCUT2D eigenvalue weighted by atomic mass is 9.86. The van der Waals surface area contributed by atoms with Crippen molar-refractivity contribution in [3.63, 3.8) is 0 Å². The minimum atomic E-state index is -0.958. The van der Waals surface area contributed by atoms with Crippen molar-refractivity contribution in [2.45, 2.75) is 51.1 Å². The molecule has 0 aromatic rings. The van der Waals surface area contributed by atoms with Gasteiger partial charge in [-0.05, 0) is 38.5 Å². The highest BCUT2D eigenvalue weighted by molar-refractivity contribution is 5.78. The average Bonchev–Trinajstić information content (AvgIpc) is 2.22. The molecule has 0 saturated heterocycles. The molecule has 0 aromatic carbocycles. The summed E-state index contributed by atoms with van der Waals surface area (Å²) in [6.07, 6.45) is 4.49. The van der Waals surface area contributed by atoms with E-state index in [9.17, 15) is 9.90 Å². The lowest BCUT2D eigenvalue weighted by Crippen LogP contribution is -2.57. The summed E-state index contributed by atoms with van der Waals surface area (Å²) in [4.78, 5) is 11.2. The van der Waals surface area contributed by atoms with Gasteiger partial charge in [-0.1, -0.05) is 6.92 Å². The van der Waals surface area contributed by atoms with E-state index in [0.29, 0.717) is 6.04 Å². The van der Waals surface area contributed by atoms with Crippen molar-refractivity contribution in [3.05, 3.63) is 0 Å². The summed E-state index contributed by atoms with van der Waals surface area (Å²) in [7, 11) is 1.53. The Morgan fingerprint density at radius 1 is 1.44 bits per heavy atom. The molecule has 4 heteroatoms. The Labute approximate surface area is 97.4 Å². The fourth-order valence-corrected chi connectivity index (χ4v) is 2.31. The molecule has 1 rings (SSSR count). The first-order valence-electron chi connectivity index (χ1n) is 5.98. The number of aliphatic carboxylic acids is 1. The smallest absolute Gasteiger partial charge is 0.326 e. The van der Waals surface area contributed by atoms with Crippen molar-refractivity contribution in [1.29, 1.82) is 0 Å². The number of hydrogen-bond acceptors (Lipinski definition) is 3. The molecule has 0 aliphatic heterocycles. The zero-order valence-electron chi connectivity index (χ0n) is 10.5. The predicted octanol–water partition coefficient (Wildman–Crippen LogP) is 1.64. The molecule has 94 valence electrons. The molecule has 1 atom stereocenters. The second-order valence-electron chi connectivity index (χ2n) is 5.17. The van der Waals surface area contributed by atoms with Crippen LogP contribution in [-0.4, -0.2) is 36.4 Å². The van der Waals surface area contributed by atoms with Crippen LogP contribution in [-0.2, 0) is 9.53 Å². The maximum Gasteiger partial charge on any atom is 0.326 e. The first kappa shape index (κ1) is 13.5. The van der Waals surface area contributed by atoms with Gasteiger partial charge in [0.2, 0.25) is 0 Å². The topological polar surface area (TPSA) is 58.6 Å². The van der Waals surface area contributed by atoms with E-state index in [1.807, 2.05) is 0 Å². The monoisotopic (exact) mass is 229 g/mol. The highest BCUT2D eigenvalue weighted by atomic mass is 16.5. The molecule has 0 radical (unpaired) electrons. The second-order valence-corrected chi connectivity index (χ2v) is 5.17. The van der Waals surface area contributed by atoms with Gasteiger partial charge in [0.25, 0.3) is 0 Å². The van der Waals surface area contributed by atoms with Crippen LogP contribution in [0.5, 0.6) is 0 Å². The lowest BCUT2D eigenvalue weighted by Gasteiger charge is -2.34. The molecular formula is C12H23NO3. The Bertz CT molecular complexity index is 236. The molecule has 0 amide bonds. The number of carbonyl (C=O) groups is 1. The molecule has 16 heavy (non-hydrogen) atoms. The van der Waals surface area contributed by atoms with E-state index < -0.39 is 11.5 Å². The summed E-state index contributed by atoms with van der Waals surface area (Å²) >= 11 is 0. The predicted molar refractivity (Wildman–Crippen MR) is 62.5 cm³/mol. The Morgan fingerprint density at radius 3 is 2.44 bits per heavy atom. The van der Waals surface area contributed by atoms with Crippen LogP contribution in [0.3, 0.4) is 0 Å². The zero-order chi connectivity index (χ0) is 12.2.